The van der Waals surface area contributed by atoms with Crippen LogP contribution in [0.5, 0.6) is 0 Å². The molecule has 0 radical (unpaired) electrons. The Kier molecular flexibility index (Phi) is 4.78. The van der Waals surface area contributed by atoms with Gasteiger partial charge in [-0.15, -0.1) is 0 Å². The summed E-state index contributed by atoms with van der Waals surface area (Å²) >= 11 is 0. The summed E-state index contributed by atoms with van der Waals surface area (Å²) in [5.74, 6) is -0.0554. The van der Waals surface area contributed by atoms with Crippen LogP contribution in [0.4, 0.5) is 11.4 Å². The second kappa shape index (κ2) is 6.10. The smallest absolute Gasteiger partial charge is 0.253 e. The summed E-state index contributed by atoms with van der Waals surface area (Å²) < 4.78 is 4.93. The number of nitrogens with zero attached hydrogens (tertiary/aromatic N) is 1. The van der Waals surface area contributed by atoms with Gasteiger partial charge in [-0.3, -0.25) is 4.79 Å². The quantitative estimate of drug-likeness (QED) is 0.593. The molecule has 0 unspecified atom stereocenters. The first-order chi connectivity index (χ1) is 8.06. The molecule has 0 saturated carbocycles. The van der Waals surface area contributed by atoms with E-state index in [1.54, 1.807) is 33.3 Å². The van der Waals surface area contributed by atoms with Crippen molar-refractivity contribution in [2.75, 3.05) is 45.4 Å². The van der Waals surface area contributed by atoms with Crippen LogP contribution >= 0.6 is 0 Å². The van der Waals surface area contributed by atoms with E-state index in [1.165, 1.54) is 4.90 Å². The minimum absolute atomic E-state index is 0.0554. The molecule has 0 aliphatic heterocycles. The number of nitrogens with two attached hydrogens (primary N) is 1. The highest BCUT2D eigenvalue weighted by molar-refractivity contribution is 5.95. The third kappa shape index (κ3) is 3.64. The van der Waals surface area contributed by atoms with Gasteiger partial charge in [-0.1, -0.05) is 0 Å². The van der Waals surface area contributed by atoms with Gasteiger partial charge in [0.15, 0.2) is 0 Å². The van der Waals surface area contributed by atoms with Gasteiger partial charge in [-0.05, 0) is 18.2 Å². The topological polar surface area (TPSA) is 67.6 Å². The van der Waals surface area contributed by atoms with E-state index in [4.69, 9.17) is 10.5 Å². The number of hydrogen-bond acceptors (Lipinski definition) is 4. The predicted octanol–water partition coefficient (Wildman–Crippen LogP) is 1.03. The van der Waals surface area contributed by atoms with Crippen molar-refractivity contribution < 1.29 is 9.53 Å². The lowest BCUT2D eigenvalue weighted by Crippen LogP contribution is -2.21. The lowest BCUT2D eigenvalue weighted by Gasteiger charge is -2.13. The average molecular weight is 237 g/mol. The third-order valence-corrected chi connectivity index (χ3v) is 2.33. The molecule has 0 fully saturated rings. The summed E-state index contributed by atoms with van der Waals surface area (Å²) in [4.78, 5) is 13.2. The predicted molar refractivity (Wildman–Crippen MR) is 69.2 cm³/mol. The number of nitrogens with one attached hydrogen (secondary N) is 1. The van der Waals surface area contributed by atoms with Crippen LogP contribution in [0.25, 0.3) is 0 Å². The summed E-state index contributed by atoms with van der Waals surface area (Å²) in [5, 5.41) is 3.13. The fourth-order valence-electron chi connectivity index (χ4n) is 1.40. The first kappa shape index (κ1) is 13.3. The zero-order chi connectivity index (χ0) is 12.8. The van der Waals surface area contributed by atoms with Crippen molar-refractivity contribution in [3.8, 4) is 0 Å². The Morgan fingerprint density at radius 1 is 1.47 bits per heavy atom. The van der Waals surface area contributed by atoms with Crippen LogP contribution in [0.1, 0.15) is 10.4 Å². The standard InChI is InChI=1S/C12H19N3O2/c1-15(2)12(16)9-4-5-11(10(13)8-9)14-6-7-17-3/h4-5,8,14H,6-7,13H2,1-3H3. The van der Waals surface area contributed by atoms with E-state index >= 15 is 0 Å². The third-order valence-electron chi connectivity index (χ3n) is 2.33. The maximum absolute atomic E-state index is 11.7. The number of benzene rings is 1. The van der Waals surface area contributed by atoms with E-state index in [9.17, 15) is 4.79 Å². The van der Waals surface area contributed by atoms with Gasteiger partial charge in [0.2, 0.25) is 0 Å². The normalized spacial score (nSPS) is 10.1. The molecule has 0 aliphatic carbocycles. The Labute approximate surface area is 102 Å². The number of methoxy groups -OCH3 is 1. The molecule has 0 aromatic heterocycles. The molecule has 1 amide bonds. The number of nitrogen functional groups attached to an aromatic ring is 1. The molecule has 0 spiro atoms. The van der Waals surface area contributed by atoms with Crippen molar-refractivity contribution in [3.63, 3.8) is 0 Å². The molecule has 1 aromatic rings. The maximum atomic E-state index is 11.7. The zero-order valence-electron chi connectivity index (χ0n) is 10.5. The van der Waals surface area contributed by atoms with E-state index in [0.717, 1.165) is 5.69 Å². The van der Waals surface area contributed by atoms with Crippen LogP contribution < -0.4 is 11.1 Å². The molecule has 5 nitrogen and oxygen atoms in total. The molecule has 1 rings (SSSR count). The van der Waals surface area contributed by atoms with Gasteiger partial charge >= 0.3 is 0 Å². The summed E-state index contributed by atoms with van der Waals surface area (Å²) in [6.45, 7) is 1.29. The van der Waals surface area contributed by atoms with Gasteiger partial charge in [0.25, 0.3) is 5.91 Å². The molecule has 0 atom stereocenters. The van der Waals surface area contributed by atoms with Crippen LogP contribution in [0.15, 0.2) is 18.2 Å². The van der Waals surface area contributed by atoms with Crippen LogP contribution in [-0.2, 0) is 4.74 Å². The summed E-state index contributed by atoms with van der Waals surface area (Å²) in [6.07, 6.45) is 0. The van der Waals surface area contributed by atoms with E-state index in [-0.39, 0.29) is 5.91 Å². The zero-order valence-corrected chi connectivity index (χ0v) is 10.5. The number of carbonyl (C=O) groups excluding carboxylic acids is 1. The van der Waals surface area contributed by atoms with Crippen molar-refractivity contribution in [1.82, 2.24) is 4.90 Å². The molecular formula is C12H19N3O2. The Balaban J connectivity index is 2.75. The van der Waals surface area contributed by atoms with Gasteiger partial charge in [0.1, 0.15) is 0 Å². The highest BCUT2D eigenvalue weighted by Crippen LogP contribution is 2.20. The van der Waals surface area contributed by atoms with Gasteiger partial charge in [0.05, 0.1) is 18.0 Å². The average Bonchev–Trinajstić information content (AvgIpc) is 2.30. The van der Waals surface area contributed by atoms with E-state index in [1.807, 2.05) is 6.07 Å². The number of hydrogen-bond donors (Lipinski definition) is 2. The lowest BCUT2D eigenvalue weighted by molar-refractivity contribution is 0.0827. The summed E-state index contributed by atoms with van der Waals surface area (Å²) in [6, 6.07) is 5.24. The maximum Gasteiger partial charge on any atom is 0.253 e. The molecule has 0 saturated heterocycles. The van der Waals surface area contributed by atoms with Crippen LogP contribution in [-0.4, -0.2) is 45.2 Å². The number of carbonyl (C=O) groups is 1. The first-order valence-electron chi connectivity index (χ1n) is 5.40. The summed E-state index contributed by atoms with van der Waals surface area (Å²) in [5.41, 5.74) is 7.84. The van der Waals surface area contributed by atoms with E-state index in [0.29, 0.717) is 24.4 Å². The Morgan fingerprint density at radius 2 is 2.18 bits per heavy atom. The Hall–Kier alpha value is -1.75. The van der Waals surface area contributed by atoms with Crippen molar-refractivity contribution >= 4 is 17.3 Å². The van der Waals surface area contributed by atoms with Crippen molar-refractivity contribution in [3.05, 3.63) is 23.8 Å². The van der Waals surface area contributed by atoms with Crippen LogP contribution in [0.2, 0.25) is 0 Å². The van der Waals surface area contributed by atoms with Crippen molar-refractivity contribution in [1.29, 1.82) is 0 Å². The minimum atomic E-state index is -0.0554. The molecule has 0 bridgehead atoms. The van der Waals surface area contributed by atoms with Crippen LogP contribution in [0.3, 0.4) is 0 Å². The Bertz CT molecular complexity index is 391. The molecule has 0 heterocycles. The van der Waals surface area contributed by atoms with E-state index in [2.05, 4.69) is 5.32 Å². The fraction of sp³-hybridized carbons (Fsp3) is 0.417. The second-order valence-electron chi connectivity index (χ2n) is 3.92. The van der Waals surface area contributed by atoms with Gasteiger partial charge in [0, 0.05) is 33.3 Å². The fourth-order valence-corrected chi connectivity index (χ4v) is 1.40. The van der Waals surface area contributed by atoms with Gasteiger partial charge in [-0.2, -0.15) is 0 Å². The number of ether oxygens (including phenoxy) is 1. The molecule has 17 heavy (non-hydrogen) atoms. The Morgan fingerprint density at radius 3 is 2.71 bits per heavy atom. The first-order valence-corrected chi connectivity index (χ1v) is 5.40. The molecule has 5 heteroatoms. The largest absolute Gasteiger partial charge is 0.397 e. The molecule has 3 N–H and O–H groups in total. The van der Waals surface area contributed by atoms with Gasteiger partial charge in [-0.25, -0.2) is 0 Å². The monoisotopic (exact) mass is 237 g/mol. The van der Waals surface area contributed by atoms with E-state index < -0.39 is 0 Å². The molecular weight excluding hydrogens is 218 g/mol. The SMILES string of the molecule is COCCNc1ccc(C(=O)N(C)C)cc1N. The highest BCUT2D eigenvalue weighted by Gasteiger charge is 2.09. The second-order valence-corrected chi connectivity index (χ2v) is 3.92. The van der Waals surface area contributed by atoms with Crippen LogP contribution in [0, 0.1) is 0 Å². The number of amides is 1. The number of anilines is 2. The summed E-state index contributed by atoms with van der Waals surface area (Å²) in [7, 11) is 5.07. The molecule has 1 aromatic carbocycles. The van der Waals surface area contributed by atoms with Crippen molar-refractivity contribution in [2.45, 2.75) is 0 Å². The number of rotatable bonds is 5. The van der Waals surface area contributed by atoms with Crippen molar-refractivity contribution in [2.24, 2.45) is 0 Å². The molecule has 0 aliphatic rings. The lowest BCUT2D eigenvalue weighted by atomic mass is 10.1. The highest BCUT2D eigenvalue weighted by atomic mass is 16.5. The minimum Gasteiger partial charge on any atom is -0.397 e. The van der Waals surface area contributed by atoms with Gasteiger partial charge < -0.3 is 20.7 Å². The molecule has 94 valence electrons.